The first-order chi connectivity index (χ1) is 33.0. The molecule has 16 heteroatoms. The number of carbonyl (C=O) groups is 5. The van der Waals surface area contributed by atoms with Crippen molar-refractivity contribution in [1.29, 1.82) is 0 Å². The summed E-state index contributed by atoms with van der Waals surface area (Å²) in [5.41, 5.74) is 0.952. The number of ether oxygens (including phenoxy) is 11. The minimum absolute atomic E-state index is 0.118. The zero-order chi connectivity index (χ0) is 47.6. The molecular formula is C52H48O16. The van der Waals surface area contributed by atoms with E-state index in [9.17, 15) is 24.0 Å². The number of fused-ring (bicyclic) bond motifs is 1. The molecule has 0 N–H and O–H groups in total. The van der Waals surface area contributed by atoms with Crippen LogP contribution in [-0.2, 0) is 52.1 Å². The van der Waals surface area contributed by atoms with E-state index in [4.69, 9.17) is 52.1 Å². The van der Waals surface area contributed by atoms with E-state index in [1.165, 1.54) is 37.3 Å². The Bertz CT molecular complexity index is 2510. The van der Waals surface area contributed by atoms with Gasteiger partial charge in [-0.2, -0.15) is 0 Å². The van der Waals surface area contributed by atoms with Crippen LogP contribution in [0.1, 0.15) is 65.6 Å². The predicted octanol–water partition coefficient (Wildman–Crippen LogP) is 6.89. The van der Waals surface area contributed by atoms with Crippen molar-refractivity contribution in [2.45, 2.75) is 81.2 Å². The maximum absolute atomic E-state index is 14.1. The van der Waals surface area contributed by atoms with E-state index in [0.29, 0.717) is 0 Å². The highest BCUT2D eigenvalue weighted by molar-refractivity contribution is 5.92. The minimum atomic E-state index is -2.19. The van der Waals surface area contributed by atoms with Gasteiger partial charge in [-0.3, -0.25) is 4.74 Å². The molecule has 3 saturated heterocycles. The Balaban J connectivity index is 1.16. The lowest BCUT2D eigenvalue weighted by molar-refractivity contribution is -0.397. The summed E-state index contributed by atoms with van der Waals surface area (Å²) in [4.78, 5) is 68.7. The smallest absolute Gasteiger partial charge is 0.338 e. The van der Waals surface area contributed by atoms with Crippen molar-refractivity contribution in [3.63, 3.8) is 0 Å². The lowest BCUT2D eigenvalue weighted by atomic mass is 9.97. The topological polar surface area (TPSA) is 187 Å². The Labute approximate surface area is 391 Å². The first kappa shape index (κ1) is 47.4. The number of hydrogen-bond acceptors (Lipinski definition) is 16. The molecule has 3 heterocycles. The third-order valence-electron chi connectivity index (χ3n) is 11.1. The molecule has 3 fully saturated rings. The number of esters is 5. The molecule has 16 nitrogen and oxygen atoms in total. The van der Waals surface area contributed by atoms with E-state index in [2.05, 4.69) is 6.58 Å². The highest BCUT2D eigenvalue weighted by Gasteiger charge is 2.62. The Morgan fingerprint density at radius 2 is 0.941 bits per heavy atom. The van der Waals surface area contributed by atoms with Gasteiger partial charge in [-0.15, -0.1) is 6.58 Å². The summed E-state index contributed by atoms with van der Waals surface area (Å²) in [5.74, 6) is -6.07. The first-order valence-corrected chi connectivity index (χ1v) is 21.8. The second kappa shape index (κ2) is 21.7. The molecule has 11 atom stereocenters. The zero-order valence-corrected chi connectivity index (χ0v) is 36.9. The van der Waals surface area contributed by atoms with Crippen LogP contribution in [-0.4, -0.2) is 110 Å². The summed E-state index contributed by atoms with van der Waals surface area (Å²) in [6, 6.07) is 40.7. The van der Waals surface area contributed by atoms with Gasteiger partial charge in [0, 0.05) is 6.92 Å². The van der Waals surface area contributed by atoms with Crippen molar-refractivity contribution in [3.8, 4) is 0 Å². The minimum Gasteiger partial charge on any atom is -0.459 e. The molecule has 0 amide bonds. The summed E-state index contributed by atoms with van der Waals surface area (Å²) in [7, 11) is 0. The average Bonchev–Trinajstić information content (AvgIpc) is 3.71. The maximum Gasteiger partial charge on any atom is 0.338 e. The SMILES string of the molecule is C=CCO[C@H]1O[C@H](COC(=O)c2ccccc2)[C@@H](OC2(C)O[C@H]3O[C@@H](C)[C@H](OC(=O)c4ccccc4)[C@@H](OC(=O)c4ccccc4)[C@H]3O2)[C@H](OC(=O)c2ccccc2)[C@@H]1OC(=O)c1ccccc1. The molecule has 68 heavy (non-hydrogen) atoms. The Kier molecular flexibility index (Phi) is 15.1. The highest BCUT2D eigenvalue weighted by atomic mass is 16.9. The van der Waals surface area contributed by atoms with E-state index in [1.54, 1.807) is 134 Å². The van der Waals surface area contributed by atoms with Crippen LogP contribution in [0.2, 0.25) is 0 Å². The fourth-order valence-electron chi connectivity index (χ4n) is 7.87. The molecule has 5 aromatic rings. The van der Waals surface area contributed by atoms with Crippen molar-refractivity contribution in [2.24, 2.45) is 0 Å². The lowest BCUT2D eigenvalue weighted by Gasteiger charge is -2.46. The molecule has 3 aliphatic heterocycles. The molecule has 5 aromatic carbocycles. The molecule has 0 saturated carbocycles. The third kappa shape index (κ3) is 11.2. The summed E-state index contributed by atoms with van der Waals surface area (Å²) >= 11 is 0. The van der Waals surface area contributed by atoms with Gasteiger partial charge in [0.1, 0.15) is 18.8 Å². The number of benzene rings is 5. The highest BCUT2D eigenvalue weighted by Crippen LogP contribution is 2.43. The molecule has 1 unspecified atom stereocenters. The molecule has 0 bridgehead atoms. The average molecular weight is 929 g/mol. The van der Waals surface area contributed by atoms with Crippen molar-refractivity contribution in [2.75, 3.05) is 13.2 Å². The van der Waals surface area contributed by atoms with E-state index in [1.807, 2.05) is 0 Å². The van der Waals surface area contributed by atoms with Crippen LogP contribution in [0.15, 0.2) is 164 Å². The van der Waals surface area contributed by atoms with Crippen LogP contribution >= 0.6 is 0 Å². The van der Waals surface area contributed by atoms with E-state index in [0.717, 1.165) is 0 Å². The van der Waals surface area contributed by atoms with Crippen LogP contribution in [0.5, 0.6) is 0 Å². The van der Waals surface area contributed by atoms with Crippen LogP contribution in [0, 0.1) is 0 Å². The Morgan fingerprint density at radius 1 is 0.529 bits per heavy atom. The molecule has 0 aliphatic carbocycles. The van der Waals surface area contributed by atoms with Gasteiger partial charge in [-0.05, 0) is 67.6 Å². The van der Waals surface area contributed by atoms with Gasteiger partial charge in [0.15, 0.2) is 43.1 Å². The molecule has 8 rings (SSSR count). The number of rotatable bonds is 16. The molecule has 0 spiro atoms. The van der Waals surface area contributed by atoms with Gasteiger partial charge >= 0.3 is 29.8 Å². The molecule has 0 radical (unpaired) electrons. The summed E-state index contributed by atoms with van der Waals surface area (Å²) in [6.07, 6.45) is -12.3. The van der Waals surface area contributed by atoms with Crippen LogP contribution in [0.25, 0.3) is 0 Å². The quantitative estimate of drug-likeness (QED) is 0.0565. The van der Waals surface area contributed by atoms with Crippen molar-refractivity contribution in [1.82, 2.24) is 0 Å². The van der Waals surface area contributed by atoms with E-state index < -0.39 is 104 Å². The van der Waals surface area contributed by atoms with Crippen molar-refractivity contribution >= 4 is 29.8 Å². The van der Waals surface area contributed by atoms with E-state index in [-0.39, 0.29) is 34.4 Å². The van der Waals surface area contributed by atoms with Gasteiger partial charge in [0.25, 0.3) is 5.97 Å². The Morgan fingerprint density at radius 3 is 1.40 bits per heavy atom. The second-order valence-electron chi connectivity index (χ2n) is 15.9. The van der Waals surface area contributed by atoms with Crippen LogP contribution < -0.4 is 0 Å². The molecule has 0 aromatic heterocycles. The van der Waals surface area contributed by atoms with Crippen LogP contribution in [0.3, 0.4) is 0 Å². The normalized spacial score (nSPS) is 27.4. The number of carbonyl (C=O) groups excluding carboxylic acids is 5. The monoisotopic (exact) mass is 928 g/mol. The van der Waals surface area contributed by atoms with Gasteiger partial charge in [-0.1, -0.05) is 97.1 Å². The third-order valence-corrected chi connectivity index (χ3v) is 11.1. The van der Waals surface area contributed by atoms with Gasteiger partial charge in [0.05, 0.1) is 40.5 Å². The fourth-order valence-corrected chi connectivity index (χ4v) is 7.87. The summed E-state index contributed by atoms with van der Waals surface area (Å²) in [5, 5.41) is 0. The van der Waals surface area contributed by atoms with E-state index >= 15 is 0 Å². The Hall–Kier alpha value is -7.05. The maximum atomic E-state index is 14.1. The van der Waals surface area contributed by atoms with Gasteiger partial charge in [0.2, 0.25) is 0 Å². The number of hydrogen-bond donors (Lipinski definition) is 0. The van der Waals surface area contributed by atoms with Crippen molar-refractivity contribution < 1.29 is 76.1 Å². The molecule has 3 aliphatic rings. The fraction of sp³-hybridized carbons (Fsp3) is 0.288. The van der Waals surface area contributed by atoms with Crippen molar-refractivity contribution in [3.05, 3.63) is 192 Å². The zero-order valence-electron chi connectivity index (χ0n) is 36.9. The molecule has 352 valence electrons. The second-order valence-corrected chi connectivity index (χ2v) is 15.9. The van der Waals surface area contributed by atoms with Gasteiger partial charge in [-0.25, -0.2) is 24.0 Å². The predicted molar refractivity (Wildman–Crippen MR) is 238 cm³/mol. The summed E-state index contributed by atoms with van der Waals surface area (Å²) in [6.45, 7) is 6.09. The van der Waals surface area contributed by atoms with Crippen LogP contribution in [0.4, 0.5) is 0 Å². The lowest BCUT2D eigenvalue weighted by Crippen LogP contribution is -2.64. The standard InChI is InChI=1S/C52H48O16/c1-4-30-58-50-43(65-49(57)37-28-18-9-19-29-37)42(64-48(56)36-26-16-8-17-27-36)40(38(61-50)31-59-45(53)33-20-10-5-11-21-33)66-52(3)67-44-41(63-47(55)35-24-14-7-15-25-35)39(32(2)60-51(44)68-52)62-46(54)34-22-12-6-13-23-34/h4-29,32,38-44,50-51H,1,30-31H2,2-3H3/t32-,38+,39-,40+,41+,42-,43-,44+,50-,51+,52?/m0/s1. The summed E-state index contributed by atoms with van der Waals surface area (Å²) < 4.78 is 68.7. The largest absolute Gasteiger partial charge is 0.459 e. The molecular weight excluding hydrogens is 881 g/mol. The van der Waals surface area contributed by atoms with Gasteiger partial charge < -0.3 is 47.4 Å². The first-order valence-electron chi connectivity index (χ1n) is 21.8.